The normalized spacial score (nSPS) is 31.9. The summed E-state index contributed by atoms with van der Waals surface area (Å²) in [6.45, 7) is 7.08. The van der Waals surface area contributed by atoms with Crippen LogP contribution < -0.4 is 0 Å². The molecule has 0 aromatic carbocycles. The van der Waals surface area contributed by atoms with Crippen molar-refractivity contribution in [2.24, 2.45) is 18.4 Å². The highest BCUT2D eigenvalue weighted by molar-refractivity contribution is 5.04. The molecule has 0 bridgehead atoms. The van der Waals surface area contributed by atoms with Crippen molar-refractivity contribution in [3.8, 4) is 0 Å². The molecule has 1 aliphatic carbocycles. The molecule has 0 radical (unpaired) electrons. The fraction of sp³-hybridized carbons (Fsp3) is 0.846. The molecule has 0 spiro atoms. The highest BCUT2D eigenvalue weighted by Gasteiger charge is 2.48. The monoisotopic (exact) mass is 234 g/mol. The second kappa shape index (κ2) is 3.80. The third kappa shape index (κ3) is 1.79. The number of aromatic nitrogens is 3. The first-order chi connectivity index (χ1) is 8.08. The minimum absolute atomic E-state index is 0.479. The summed E-state index contributed by atoms with van der Waals surface area (Å²) in [6, 6.07) is 0.792. The molecule has 4 nitrogen and oxygen atoms in total. The molecule has 1 saturated heterocycles. The molecule has 2 unspecified atom stereocenters. The fourth-order valence-electron chi connectivity index (χ4n) is 3.88. The van der Waals surface area contributed by atoms with Crippen LogP contribution in [-0.4, -0.2) is 32.5 Å². The van der Waals surface area contributed by atoms with Crippen molar-refractivity contribution < 1.29 is 0 Å². The first-order valence-corrected chi connectivity index (χ1v) is 6.65. The molecule has 2 heterocycles. The molecule has 17 heavy (non-hydrogen) atoms. The van der Waals surface area contributed by atoms with Gasteiger partial charge in [0, 0.05) is 26.2 Å². The molecule has 4 heteroatoms. The zero-order chi connectivity index (χ0) is 12.0. The van der Waals surface area contributed by atoms with Gasteiger partial charge in [0.05, 0.1) is 11.9 Å². The van der Waals surface area contributed by atoms with E-state index in [1.807, 2.05) is 17.9 Å². The zero-order valence-corrected chi connectivity index (χ0v) is 11.1. The van der Waals surface area contributed by atoms with Crippen molar-refractivity contribution in [3.63, 3.8) is 0 Å². The predicted octanol–water partition coefficient (Wildman–Crippen LogP) is 1.83. The highest BCUT2D eigenvalue weighted by atomic mass is 15.4. The lowest BCUT2D eigenvalue weighted by Crippen LogP contribution is -2.30. The molecular formula is C13H22N4. The summed E-state index contributed by atoms with van der Waals surface area (Å²) in [4.78, 5) is 2.65. The molecule has 2 atom stereocenters. The third-order valence-electron chi connectivity index (χ3n) is 4.74. The maximum absolute atomic E-state index is 4.02. The smallest absolute Gasteiger partial charge is 0.0738 e. The van der Waals surface area contributed by atoms with Gasteiger partial charge in [0.2, 0.25) is 0 Å². The van der Waals surface area contributed by atoms with Crippen molar-refractivity contribution in [1.29, 1.82) is 0 Å². The Morgan fingerprint density at radius 3 is 2.94 bits per heavy atom. The van der Waals surface area contributed by atoms with Gasteiger partial charge in [-0.2, -0.15) is 0 Å². The number of aryl methyl sites for hydroxylation is 1. The van der Waals surface area contributed by atoms with E-state index in [1.54, 1.807) is 0 Å². The van der Waals surface area contributed by atoms with E-state index < -0.39 is 0 Å². The average molecular weight is 234 g/mol. The van der Waals surface area contributed by atoms with E-state index in [-0.39, 0.29) is 0 Å². The number of nitrogens with zero attached hydrogens (tertiary/aromatic N) is 4. The molecule has 2 fully saturated rings. The summed E-state index contributed by atoms with van der Waals surface area (Å²) < 4.78 is 1.90. The molecule has 1 aliphatic heterocycles. The van der Waals surface area contributed by atoms with Crippen LogP contribution in [0.5, 0.6) is 0 Å². The number of hydrogen-bond acceptors (Lipinski definition) is 3. The Hall–Kier alpha value is -0.900. The molecule has 3 rings (SSSR count). The van der Waals surface area contributed by atoms with E-state index in [4.69, 9.17) is 0 Å². The molecule has 2 aliphatic rings. The number of rotatable bonds is 2. The predicted molar refractivity (Wildman–Crippen MR) is 66.3 cm³/mol. The van der Waals surface area contributed by atoms with Gasteiger partial charge in [-0.1, -0.05) is 25.5 Å². The van der Waals surface area contributed by atoms with Crippen molar-refractivity contribution in [1.82, 2.24) is 19.9 Å². The van der Waals surface area contributed by atoms with E-state index in [9.17, 15) is 0 Å². The van der Waals surface area contributed by atoms with E-state index in [0.29, 0.717) is 5.41 Å². The minimum atomic E-state index is 0.479. The second-order valence-corrected chi connectivity index (χ2v) is 6.35. The summed E-state index contributed by atoms with van der Waals surface area (Å²) in [5.74, 6) is 0.892. The van der Waals surface area contributed by atoms with Gasteiger partial charge in [-0.25, -0.2) is 0 Å². The van der Waals surface area contributed by atoms with E-state index in [2.05, 4.69) is 29.1 Å². The highest BCUT2D eigenvalue weighted by Crippen LogP contribution is 2.48. The standard InChI is InChI=1S/C13H22N4/c1-13(2)9-17(12-6-4-5-11(12)13)8-10-7-14-15-16(10)3/h7,11-12H,4-6,8-9H2,1-3H3. The topological polar surface area (TPSA) is 34.0 Å². The van der Waals surface area contributed by atoms with Gasteiger partial charge in [0.25, 0.3) is 0 Å². The molecular weight excluding hydrogens is 212 g/mol. The van der Waals surface area contributed by atoms with Crippen LogP contribution in [-0.2, 0) is 13.6 Å². The lowest BCUT2D eigenvalue weighted by atomic mass is 9.80. The summed E-state index contributed by atoms with van der Waals surface area (Å²) in [5, 5.41) is 7.99. The molecule has 94 valence electrons. The van der Waals surface area contributed by atoms with Crippen LogP contribution in [0.25, 0.3) is 0 Å². The Kier molecular flexibility index (Phi) is 2.51. The number of likely N-dealkylation sites (tertiary alicyclic amines) is 1. The second-order valence-electron chi connectivity index (χ2n) is 6.35. The summed E-state index contributed by atoms with van der Waals surface area (Å²) in [5.41, 5.74) is 1.71. The van der Waals surface area contributed by atoms with Crippen molar-refractivity contribution in [3.05, 3.63) is 11.9 Å². The Balaban J connectivity index is 1.79. The van der Waals surface area contributed by atoms with Crippen LogP contribution in [0.15, 0.2) is 6.20 Å². The first kappa shape index (κ1) is 11.2. The summed E-state index contributed by atoms with van der Waals surface area (Å²) >= 11 is 0. The quantitative estimate of drug-likeness (QED) is 0.783. The summed E-state index contributed by atoms with van der Waals surface area (Å²) in [6.07, 6.45) is 6.09. The Morgan fingerprint density at radius 2 is 2.24 bits per heavy atom. The van der Waals surface area contributed by atoms with Crippen LogP contribution in [0.1, 0.15) is 38.8 Å². The fourth-order valence-corrected chi connectivity index (χ4v) is 3.88. The lowest BCUT2D eigenvalue weighted by Gasteiger charge is -2.24. The van der Waals surface area contributed by atoms with Gasteiger partial charge in [-0.3, -0.25) is 9.58 Å². The van der Waals surface area contributed by atoms with E-state index in [0.717, 1.165) is 18.5 Å². The molecule has 0 N–H and O–H groups in total. The lowest BCUT2D eigenvalue weighted by molar-refractivity contribution is 0.223. The molecule has 0 amide bonds. The van der Waals surface area contributed by atoms with Crippen LogP contribution in [0.3, 0.4) is 0 Å². The Bertz CT molecular complexity index is 409. The Labute approximate surface area is 103 Å². The van der Waals surface area contributed by atoms with Crippen molar-refractivity contribution in [2.45, 2.75) is 45.7 Å². The number of hydrogen-bond donors (Lipinski definition) is 0. The van der Waals surface area contributed by atoms with Gasteiger partial charge in [-0.05, 0) is 24.2 Å². The van der Waals surface area contributed by atoms with Crippen LogP contribution in [0.4, 0.5) is 0 Å². The maximum Gasteiger partial charge on any atom is 0.0738 e. The van der Waals surface area contributed by atoms with E-state index >= 15 is 0 Å². The minimum Gasteiger partial charge on any atom is -0.294 e. The van der Waals surface area contributed by atoms with E-state index in [1.165, 1.54) is 31.5 Å². The third-order valence-corrected chi connectivity index (χ3v) is 4.74. The Morgan fingerprint density at radius 1 is 1.41 bits per heavy atom. The van der Waals surface area contributed by atoms with Crippen molar-refractivity contribution >= 4 is 0 Å². The van der Waals surface area contributed by atoms with Gasteiger partial charge in [0.1, 0.15) is 0 Å². The zero-order valence-electron chi connectivity index (χ0n) is 11.1. The van der Waals surface area contributed by atoms with Crippen LogP contribution >= 0.6 is 0 Å². The largest absolute Gasteiger partial charge is 0.294 e. The maximum atomic E-state index is 4.02. The molecule has 1 aromatic rings. The van der Waals surface area contributed by atoms with Crippen LogP contribution in [0.2, 0.25) is 0 Å². The number of fused-ring (bicyclic) bond motifs is 1. The summed E-state index contributed by atoms with van der Waals surface area (Å²) in [7, 11) is 1.98. The first-order valence-electron chi connectivity index (χ1n) is 6.65. The van der Waals surface area contributed by atoms with Gasteiger partial charge in [-0.15, -0.1) is 5.10 Å². The van der Waals surface area contributed by atoms with Gasteiger partial charge in [0.15, 0.2) is 0 Å². The van der Waals surface area contributed by atoms with Gasteiger partial charge >= 0.3 is 0 Å². The van der Waals surface area contributed by atoms with Crippen molar-refractivity contribution in [2.75, 3.05) is 6.54 Å². The van der Waals surface area contributed by atoms with Crippen LogP contribution in [0, 0.1) is 11.3 Å². The van der Waals surface area contributed by atoms with Gasteiger partial charge < -0.3 is 0 Å². The SMILES string of the molecule is Cn1nncc1CN1CC(C)(C)C2CCCC21. The average Bonchev–Trinajstić information content (AvgIpc) is 2.90. The molecule has 1 saturated carbocycles. The molecule has 1 aromatic heterocycles.